The number of aryl methyl sites for hydroxylation is 3. The monoisotopic (exact) mass is 328 g/mol. The molecule has 4 rings (SSSR count). The molecule has 0 atom stereocenters. The summed E-state index contributed by atoms with van der Waals surface area (Å²) in [6.07, 6.45) is 2.22. The van der Waals surface area contributed by atoms with Crippen LogP contribution in [0, 0.1) is 20.8 Å². The summed E-state index contributed by atoms with van der Waals surface area (Å²) >= 11 is 0. The molecule has 0 saturated heterocycles. The molecule has 0 unspecified atom stereocenters. The molecule has 0 saturated carbocycles. The maximum absolute atomic E-state index is 2.41. The second-order valence-corrected chi connectivity index (χ2v) is 7.99. The molecule has 0 aliphatic heterocycles. The maximum Gasteiger partial charge on any atom is 0.213 e. The van der Waals surface area contributed by atoms with Crippen molar-refractivity contribution in [3.8, 4) is 22.4 Å². The van der Waals surface area contributed by atoms with Gasteiger partial charge in [0.25, 0.3) is 0 Å². The van der Waals surface area contributed by atoms with E-state index in [0.29, 0.717) is 0 Å². The minimum absolute atomic E-state index is 0.0441. The van der Waals surface area contributed by atoms with Crippen LogP contribution in [0.5, 0.6) is 0 Å². The van der Waals surface area contributed by atoms with Crippen LogP contribution in [0.25, 0.3) is 22.4 Å². The first-order valence-electron chi connectivity index (χ1n) is 9.03. The Morgan fingerprint density at radius 2 is 1.56 bits per heavy atom. The minimum atomic E-state index is 0.0441. The van der Waals surface area contributed by atoms with Crippen LogP contribution in [-0.4, -0.2) is 0 Å². The van der Waals surface area contributed by atoms with E-state index in [0.717, 1.165) is 0 Å². The van der Waals surface area contributed by atoms with Crippen LogP contribution in [0.15, 0.2) is 48.7 Å². The summed E-state index contributed by atoms with van der Waals surface area (Å²) in [7, 11) is 2.16. The Morgan fingerprint density at radius 3 is 2.28 bits per heavy atom. The standard InChI is InChI=1S/C24H26N/c1-15-11-12-21(25(6)14-15)22-17(3)16(2)13-20-23(22)18-9-7-8-10-19(18)24(20,4)5/h7-14H,1-6H3/q+1. The second kappa shape index (κ2) is 5.29. The van der Waals surface area contributed by atoms with Crippen molar-refractivity contribution in [1.29, 1.82) is 0 Å². The fourth-order valence-electron chi connectivity index (χ4n) is 4.41. The molecule has 1 aliphatic rings. The van der Waals surface area contributed by atoms with Gasteiger partial charge < -0.3 is 0 Å². The number of hydrogen-bond acceptors (Lipinski definition) is 0. The summed E-state index contributed by atoms with van der Waals surface area (Å²) in [6, 6.07) is 15.8. The number of fused-ring (bicyclic) bond motifs is 3. The van der Waals surface area contributed by atoms with Gasteiger partial charge in [-0.3, -0.25) is 0 Å². The molecule has 0 bridgehead atoms. The normalized spacial score (nSPS) is 14.3. The fraction of sp³-hybridized carbons (Fsp3) is 0.292. The van der Waals surface area contributed by atoms with Crippen molar-refractivity contribution < 1.29 is 4.57 Å². The summed E-state index contributed by atoms with van der Waals surface area (Å²) in [5.41, 5.74) is 12.5. The molecule has 25 heavy (non-hydrogen) atoms. The van der Waals surface area contributed by atoms with Gasteiger partial charge in [-0.25, -0.2) is 4.57 Å². The average Bonchev–Trinajstić information content (AvgIpc) is 2.78. The van der Waals surface area contributed by atoms with Gasteiger partial charge in [-0.05, 0) is 54.7 Å². The molecular formula is C24H26N+. The lowest BCUT2D eigenvalue weighted by molar-refractivity contribution is -0.660. The summed E-state index contributed by atoms with van der Waals surface area (Å²) in [5, 5.41) is 0. The highest BCUT2D eigenvalue weighted by Crippen LogP contribution is 2.53. The van der Waals surface area contributed by atoms with Crippen LogP contribution in [0.4, 0.5) is 0 Å². The summed E-state index contributed by atoms with van der Waals surface area (Å²) in [5.74, 6) is 0. The van der Waals surface area contributed by atoms with Gasteiger partial charge in [-0.2, -0.15) is 0 Å². The van der Waals surface area contributed by atoms with Crippen molar-refractivity contribution in [3.05, 3.63) is 76.5 Å². The van der Waals surface area contributed by atoms with Gasteiger partial charge in [0.15, 0.2) is 6.20 Å². The van der Waals surface area contributed by atoms with E-state index in [1.807, 2.05) is 0 Å². The first-order valence-corrected chi connectivity index (χ1v) is 9.03. The van der Waals surface area contributed by atoms with Crippen molar-refractivity contribution in [2.75, 3.05) is 0 Å². The molecule has 1 heteroatoms. The molecule has 0 spiro atoms. The molecule has 0 N–H and O–H groups in total. The quantitative estimate of drug-likeness (QED) is 0.526. The molecule has 0 radical (unpaired) electrons. The molecule has 1 aromatic heterocycles. The van der Waals surface area contributed by atoms with E-state index >= 15 is 0 Å². The number of hydrogen-bond donors (Lipinski definition) is 0. The third-order valence-corrected chi connectivity index (χ3v) is 5.93. The molecule has 1 heterocycles. The number of pyridine rings is 1. The van der Waals surface area contributed by atoms with E-state index < -0.39 is 0 Å². The topological polar surface area (TPSA) is 3.88 Å². The molecule has 2 aromatic carbocycles. The second-order valence-electron chi connectivity index (χ2n) is 7.99. The zero-order valence-corrected chi connectivity index (χ0v) is 16.1. The Labute approximate surface area is 151 Å². The first kappa shape index (κ1) is 16.1. The van der Waals surface area contributed by atoms with Gasteiger partial charge >= 0.3 is 0 Å². The highest BCUT2D eigenvalue weighted by molar-refractivity contribution is 5.93. The number of nitrogens with zero attached hydrogens (tertiary/aromatic N) is 1. The summed E-state index contributed by atoms with van der Waals surface area (Å²) in [6.45, 7) is 11.4. The lowest BCUT2D eigenvalue weighted by Gasteiger charge is -2.23. The van der Waals surface area contributed by atoms with Crippen LogP contribution in [0.1, 0.15) is 41.7 Å². The zero-order valence-electron chi connectivity index (χ0n) is 16.1. The third kappa shape index (κ3) is 2.18. The van der Waals surface area contributed by atoms with Crippen molar-refractivity contribution >= 4 is 0 Å². The lowest BCUT2D eigenvalue weighted by Crippen LogP contribution is -2.31. The van der Waals surface area contributed by atoms with Crippen molar-refractivity contribution in [3.63, 3.8) is 0 Å². The Bertz CT molecular complexity index is 1010. The third-order valence-electron chi connectivity index (χ3n) is 5.93. The van der Waals surface area contributed by atoms with Crippen LogP contribution >= 0.6 is 0 Å². The summed E-state index contributed by atoms with van der Waals surface area (Å²) in [4.78, 5) is 0. The predicted molar refractivity (Wildman–Crippen MR) is 105 cm³/mol. The van der Waals surface area contributed by atoms with Gasteiger partial charge in [-0.15, -0.1) is 0 Å². The number of aromatic nitrogens is 1. The first-order chi connectivity index (χ1) is 11.8. The Balaban J connectivity index is 2.16. The molecule has 3 aromatic rings. The Kier molecular flexibility index (Phi) is 3.40. The van der Waals surface area contributed by atoms with Gasteiger partial charge in [-0.1, -0.05) is 44.2 Å². The molecule has 0 fully saturated rings. The van der Waals surface area contributed by atoms with E-state index in [2.05, 4.69) is 94.9 Å². The molecular weight excluding hydrogens is 302 g/mol. The van der Waals surface area contributed by atoms with E-state index in [-0.39, 0.29) is 5.41 Å². The maximum atomic E-state index is 2.41. The van der Waals surface area contributed by atoms with Crippen LogP contribution < -0.4 is 4.57 Å². The summed E-state index contributed by atoms with van der Waals surface area (Å²) < 4.78 is 2.27. The van der Waals surface area contributed by atoms with Gasteiger partial charge in [0.05, 0.1) is 5.56 Å². The lowest BCUT2D eigenvalue weighted by atomic mass is 9.80. The van der Waals surface area contributed by atoms with Crippen molar-refractivity contribution in [2.24, 2.45) is 7.05 Å². The average molecular weight is 328 g/mol. The van der Waals surface area contributed by atoms with Gasteiger partial charge in [0.1, 0.15) is 7.05 Å². The molecule has 1 nitrogen and oxygen atoms in total. The predicted octanol–water partition coefficient (Wildman–Crippen LogP) is 5.41. The fourth-order valence-corrected chi connectivity index (χ4v) is 4.41. The largest absolute Gasteiger partial charge is 0.213 e. The number of rotatable bonds is 1. The molecule has 0 amide bonds. The van der Waals surface area contributed by atoms with Crippen molar-refractivity contribution in [1.82, 2.24) is 0 Å². The minimum Gasteiger partial charge on any atom is -0.201 e. The van der Waals surface area contributed by atoms with E-state index in [1.165, 1.54) is 50.2 Å². The van der Waals surface area contributed by atoms with Crippen LogP contribution in [0.2, 0.25) is 0 Å². The van der Waals surface area contributed by atoms with Crippen LogP contribution in [-0.2, 0) is 12.5 Å². The van der Waals surface area contributed by atoms with E-state index in [1.54, 1.807) is 0 Å². The van der Waals surface area contributed by atoms with E-state index in [4.69, 9.17) is 0 Å². The Morgan fingerprint density at radius 1 is 0.840 bits per heavy atom. The van der Waals surface area contributed by atoms with E-state index in [9.17, 15) is 0 Å². The Hall–Kier alpha value is -2.41. The smallest absolute Gasteiger partial charge is 0.201 e. The SMILES string of the molecule is Cc1ccc(-c2c(C)c(C)cc3c2-c2ccccc2C3(C)C)[n+](C)c1. The van der Waals surface area contributed by atoms with Crippen molar-refractivity contribution in [2.45, 2.75) is 40.0 Å². The zero-order chi connectivity index (χ0) is 17.9. The highest BCUT2D eigenvalue weighted by atomic mass is 14.9. The molecule has 126 valence electrons. The molecule has 1 aliphatic carbocycles. The highest BCUT2D eigenvalue weighted by Gasteiger charge is 2.38. The van der Waals surface area contributed by atoms with Gasteiger partial charge in [0, 0.05) is 22.6 Å². The number of benzene rings is 2. The van der Waals surface area contributed by atoms with Crippen LogP contribution in [0.3, 0.4) is 0 Å². The van der Waals surface area contributed by atoms with Gasteiger partial charge in [0.2, 0.25) is 5.69 Å².